The molecule has 0 saturated heterocycles. The van der Waals surface area contributed by atoms with Gasteiger partial charge in [-0.25, -0.2) is 4.99 Å². The normalized spacial score (nSPS) is 16.9. The molecule has 2 rings (SSSR count). The van der Waals surface area contributed by atoms with E-state index < -0.39 is 0 Å². The van der Waals surface area contributed by atoms with E-state index in [1.165, 1.54) is 18.2 Å². The van der Waals surface area contributed by atoms with Crippen molar-refractivity contribution in [2.75, 3.05) is 6.61 Å². The third-order valence-electron chi connectivity index (χ3n) is 2.60. The van der Waals surface area contributed by atoms with E-state index in [2.05, 4.69) is 4.99 Å². The molecule has 0 atom stereocenters. The first-order valence-corrected chi connectivity index (χ1v) is 6.37. The van der Waals surface area contributed by atoms with Crippen LogP contribution in [0.25, 0.3) is 0 Å². The zero-order valence-corrected chi connectivity index (χ0v) is 11.6. The number of allylic oxidation sites excluding steroid dienone is 2. The molecule has 1 aliphatic rings. The van der Waals surface area contributed by atoms with Crippen LogP contribution in [0.2, 0.25) is 5.02 Å². The van der Waals surface area contributed by atoms with Crippen molar-refractivity contribution in [3.05, 3.63) is 46.8 Å². The minimum absolute atomic E-state index is 0.0680. The van der Waals surface area contributed by atoms with E-state index in [1.54, 1.807) is 12.1 Å². The Kier molecular flexibility index (Phi) is 4.10. The molecule has 0 aliphatic heterocycles. The van der Waals surface area contributed by atoms with E-state index in [0.29, 0.717) is 34.5 Å². The molecule has 6 heteroatoms. The first-order chi connectivity index (χ1) is 9.51. The summed E-state index contributed by atoms with van der Waals surface area (Å²) >= 11 is 6.00. The summed E-state index contributed by atoms with van der Waals surface area (Å²) < 4.78 is 5.34. The van der Waals surface area contributed by atoms with Crippen molar-refractivity contribution in [3.8, 4) is 5.75 Å². The Morgan fingerprint density at radius 2 is 2.15 bits per heavy atom. The largest absolute Gasteiger partial charge is 0.508 e. The Labute approximate surface area is 121 Å². The quantitative estimate of drug-likeness (QED) is 0.748. The molecule has 0 spiro atoms. The third kappa shape index (κ3) is 3.00. The second kappa shape index (κ2) is 5.79. The Hall–Kier alpha value is -2.27. The van der Waals surface area contributed by atoms with Gasteiger partial charge < -0.3 is 15.6 Å². The third-order valence-corrected chi connectivity index (χ3v) is 2.90. The van der Waals surface area contributed by atoms with E-state index >= 15 is 0 Å². The predicted octanol–water partition coefficient (Wildman–Crippen LogP) is 2.91. The molecule has 1 aliphatic carbocycles. The summed E-state index contributed by atoms with van der Waals surface area (Å²) in [5, 5.41) is 17.4. The van der Waals surface area contributed by atoms with Crippen molar-refractivity contribution in [2.24, 2.45) is 10.7 Å². The van der Waals surface area contributed by atoms with Crippen LogP contribution in [0.1, 0.15) is 6.92 Å². The highest BCUT2D eigenvalue weighted by molar-refractivity contribution is 6.33. The van der Waals surface area contributed by atoms with Crippen LogP contribution in [0.15, 0.2) is 46.8 Å². The summed E-state index contributed by atoms with van der Waals surface area (Å²) in [5.41, 5.74) is 7.38. The molecule has 104 valence electrons. The molecule has 0 aromatic heterocycles. The van der Waals surface area contributed by atoms with Crippen molar-refractivity contribution in [1.29, 1.82) is 5.41 Å². The van der Waals surface area contributed by atoms with Gasteiger partial charge in [-0.1, -0.05) is 11.6 Å². The number of nitrogens with one attached hydrogen (secondary N) is 1. The summed E-state index contributed by atoms with van der Waals surface area (Å²) in [6.45, 7) is 2.29. The fraction of sp³-hybridized carbons (Fsp3) is 0.143. The highest BCUT2D eigenvalue weighted by Gasteiger charge is 2.15. The van der Waals surface area contributed by atoms with Crippen LogP contribution in [0, 0.1) is 5.41 Å². The maximum absolute atomic E-state index is 9.31. The lowest BCUT2D eigenvalue weighted by Gasteiger charge is -2.14. The molecule has 0 amide bonds. The maximum atomic E-state index is 9.31. The molecule has 0 bridgehead atoms. The summed E-state index contributed by atoms with van der Waals surface area (Å²) in [5.74, 6) is 0.480. The van der Waals surface area contributed by atoms with E-state index in [1.807, 2.05) is 6.92 Å². The predicted molar refractivity (Wildman–Crippen MR) is 79.9 cm³/mol. The number of hydrogen-bond acceptors (Lipinski definition) is 5. The lowest BCUT2D eigenvalue weighted by molar-refractivity contribution is 0.250. The van der Waals surface area contributed by atoms with Crippen molar-refractivity contribution >= 4 is 28.7 Å². The Morgan fingerprint density at radius 3 is 2.80 bits per heavy atom. The average Bonchev–Trinajstić information content (AvgIpc) is 2.38. The van der Waals surface area contributed by atoms with E-state index in [9.17, 15) is 5.11 Å². The van der Waals surface area contributed by atoms with Crippen LogP contribution in [-0.4, -0.2) is 23.1 Å². The fourth-order valence-corrected chi connectivity index (χ4v) is 1.89. The van der Waals surface area contributed by atoms with Crippen molar-refractivity contribution in [2.45, 2.75) is 6.92 Å². The van der Waals surface area contributed by atoms with Gasteiger partial charge in [-0.3, -0.25) is 5.41 Å². The van der Waals surface area contributed by atoms with Crippen LogP contribution in [0.4, 0.5) is 5.69 Å². The summed E-state index contributed by atoms with van der Waals surface area (Å²) in [4.78, 5) is 4.33. The highest BCUT2D eigenvalue weighted by Crippen LogP contribution is 2.29. The molecule has 1 aromatic carbocycles. The topological polar surface area (TPSA) is 91.7 Å². The number of halogens is 1. The molecule has 1 aromatic rings. The molecular weight excluding hydrogens is 278 g/mol. The number of nitrogens with two attached hydrogens (primary N) is 1. The van der Waals surface area contributed by atoms with Gasteiger partial charge in [0, 0.05) is 12.1 Å². The summed E-state index contributed by atoms with van der Waals surface area (Å²) in [6.07, 6.45) is 3.09. The van der Waals surface area contributed by atoms with Gasteiger partial charge >= 0.3 is 0 Å². The number of ether oxygens (including phenoxy) is 1. The van der Waals surface area contributed by atoms with Gasteiger partial charge in [0.15, 0.2) is 0 Å². The second-order valence-electron chi connectivity index (χ2n) is 4.09. The standard InChI is InChI=1S/C14H14ClN3O2/c1-2-20-14-7-13(10(16)6-11(14)17)18-12-4-3-8(19)5-9(12)15/h3-7,17,19H,2,16H2,1H3/b17-11?,18-13-. The van der Waals surface area contributed by atoms with Gasteiger partial charge in [0.05, 0.1) is 34.4 Å². The SMILES string of the molecule is CCOC1=C/C(=N/c2ccc(O)cc2Cl)C(N)=CC1=N. The second-order valence-corrected chi connectivity index (χ2v) is 4.49. The van der Waals surface area contributed by atoms with Crippen LogP contribution in [-0.2, 0) is 4.74 Å². The van der Waals surface area contributed by atoms with Gasteiger partial charge in [0.1, 0.15) is 11.5 Å². The number of phenols is 1. The number of aromatic hydroxyl groups is 1. The molecule has 4 N–H and O–H groups in total. The highest BCUT2D eigenvalue weighted by atomic mass is 35.5. The van der Waals surface area contributed by atoms with E-state index in [4.69, 9.17) is 27.5 Å². The van der Waals surface area contributed by atoms with Crippen LogP contribution >= 0.6 is 11.6 Å². The molecule has 0 fully saturated rings. The molecule has 0 saturated carbocycles. The van der Waals surface area contributed by atoms with Crippen LogP contribution in [0.3, 0.4) is 0 Å². The van der Waals surface area contributed by atoms with Gasteiger partial charge in [-0.2, -0.15) is 0 Å². The number of phenolic OH excluding ortho intramolecular Hbond substituents is 1. The Balaban J connectivity index is 2.41. The molecule has 0 unspecified atom stereocenters. The van der Waals surface area contributed by atoms with Crippen molar-refractivity contribution < 1.29 is 9.84 Å². The van der Waals surface area contributed by atoms with Gasteiger partial charge in [-0.05, 0) is 25.1 Å². The van der Waals surface area contributed by atoms with E-state index in [0.717, 1.165) is 0 Å². The zero-order valence-electron chi connectivity index (χ0n) is 10.9. The van der Waals surface area contributed by atoms with Crippen LogP contribution in [0.5, 0.6) is 5.75 Å². The molecule has 20 heavy (non-hydrogen) atoms. The average molecular weight is 292 g/mol. The monoisotopic (exact) mass is 291 g/mol. The lowest BCUT2D eigenvalue weighted by atomic mass is 10.1. The van der Waals surface area contributed by atoms with E-state index in [-0.39, 0.29) is 11.5 Å². The Morgan fingerprint density at radius 1 is 1.40 bits per heavy atom. The number of rotatable bonds is 3. The maximum Gasteiger partial charge on any atom is 0.146 e. The number of hydrogen-bond donors (Lipinski definition) is 3. The minimum Gasteiger partial charge on any atom is -0.508 e. The van der Waals surface area contributed by atoms with Gasteiger partial charge in [0.25, 0.3) is 0 Å². The summed E-state index contributed by atoms with van der Waals surface area (Å²) in [7, 11) is 0. The Bertz CT molecular complexity index is 648. The molecule has 0 radical (unpaired) electrons. The van der Waals surface area contributed by atoms with Gasteiger partial charge in [0.2, 0.25) is 0 Å². The molecule has 0 heterocycles. The molecule has 5 nitrogen and oxygen atoms in total. The number of benzene rings is 1. The van der Waals surface area contributed by atoms with Crippen molar-refractivity contribution in [3.63, 3.8) is 0 Å². The van der Waals surface area contributed by atoms with Crippen molar-refractivity contribution in [1.82, 2.24) is 0 Å². The fourth-order valence-electron chi connectivity index (χ4n) is 1.67. The smallest absolute Gasteiger partial charge is 0.146 e. The lowest BCUT2D eigenvalue weighted by Crippen LogP contribution is -2.19. The minimum atomic E-state index is 0.0680. The first-order valence-electron chi connectivity index (χ1n) is 5.99. The molecular formula is C14H14ClN3O2. The summed E-state index contributed by atoms with van der Waals surface area (Å²) in [6, 6.07) is 4.48. The number of aliphatic imine (C=N–C) groups is 1. The van der Waals surface area contributed by atoms with Gasteiger partial charge in [-0.15, -0.1) is 0 Å². The number of nitrogens with zero attached hydrogens (tertiary/aromatic N) is 1. The zero-order chi connectivity index (χ0) is 14.7. The van der Waals surface area contributed by atoms with Crippen LogP contribution < -0.4 is 5.73 Å². The first kappa shape index (κ1) is 14.1.